The maximum absolute atomic E-state index is 12.8. The highest BCUT2D eigenvalue weighted by molar-refractivity contribution is 5.71. The number of hydrogen-bond donors (Lipinski definition) is 0. The summed E-state index contributed by atoms with van der Waals surface area (Å²) in [6, 6.07) is 0. The number of carbonyl (C=O) groups excluding carboxylic acids is 3. The molecule has 0 saturated heterocycles. The molecule has 6 heteroatoms. The minimum atomic E-state index is -0.812. The Bertz CT molecular complexity index is 1360. The summed E-state index contributed by atoms with van der Waals surface area (Å²) in [5, 5.41) is 0. The van der Waals surface area contributed by atoms with Crippen molar-refractivity contribution in [3.05, 3.63) is 109 Å². The molecule has 0 aromatic carbocycles. The van der Waals surface area contributed by atoms with E-state index in [4.69, 9.17) is 14.2 Å². The van der Waals surface area contributed by atoms with E-state index in [9.17, 15) is 14.4 Å². The van der Waals surface area contributed by atoms with Gasteiger partial charge in [-0.2, -0.15) is 0 Å². The second-order valence-electron chi connectivity index (χ2n) is 17.2. The first-order valence-electron chi connectivity index (χ1n) is 26.5. The van der Waals surface area contributed by atoms with Gasteiger partial charge < -0.3 is 14.2 Å². The molecule has 0 aromatic heterocycles. The minimum absolute atomic E-state index is 0.109. The molecular formula is C59H96O6. The Balaban J connectivity index is 4.54. The van der Waals surface area contributed by atoms with Crippen LogP contribution in [0, 0.1) is 0 Å². The molecule has 0 aromatic rings. The molecule has 65 heavy (non-hydrogen) atoms. The summed E-state index contributed by atoms with van der Waals surface area (Å²) in [5.41, 5.74) is 0. The van der Waals surface area contributed by atoms with E-state index in [1.807, 2.05) is 72.9 Å². The molecule has 0 N–H and O–H groups in total. The lowest BCUT2D eigenvalue weighted by molar-refractivity contribution is -0.167. The maximum atomic E-state index is 12.8. The Morgan fingerprint density at radius 1 is 0.323 bits per heavy atom. The SMILES string of the molecule is CC\C=C/C=C\C=C/C=C\C=C\C=C/C=C\CCCCCC(=O)OCC(COC(=O)CCCCC/C=C\CCCCCCCCC)OC(=O)CCCCC/C=C\CCCCCCCCC. The number of unbranched alkanes of at least 4 members (excludes halogenated alkanes) is 23. The fourth-order valence-corrected chi connectivity index (χ4v) is 6.94. The average Bonchev–Trinajstić information content (AvgIpc) is 3.30. The van der Waals surface area contributed by atoms with E-state index >= 15 is 0 Å². The van der Waals surface area contributed by atoms with Gasteiger partial charge in [0.2, 0.25) is 0 Å². The van der Waals surface area contributed by atoms with Crippen LogP contribution in [0.5, 0.6) is 0 Å². The van der Waals surface area contributed by atoms with Gasteiger partial charge in [0, 0.05) is 19.3 Å². The molecule has 0 aliphatic heterocycles. The fourth-order valence-electron chi connectivity index (χ4n) is 6.94. The van der Waals surface area contributed by atoms with Crippen molar-refractivity contribution in [2.24, 2.45) is 0 Å². The lowest BCUT2D eigenvalue weighted by Crippen LogP contribution is -2.30. The number of esters is 3. The molecule has 0 radical (unpaired) electrons. The van der Waals surface area contributed by atoms with E-state index in [1.165, 1.54) is 89.9 Å². The first kappa shape index (κ1) is 61.1. The number of hydrogen-bond acceptors (Lipinski definition) is 6. The van der Waals surface area contributed by atoms with Crippen molar-refractivity contribution in [1.29, 1.82) is 0 Å². The van der Waals surface area contributed by atoms with Crippen LogP contribution in [0.4, 0.5) is 0 Å². The van der Waals surface area contributed by atoms with Crippen LogP contribution in [0.25, 0.3) is 0 Å². The topological polar surface area (TPSA) is 78.9 Å². The quantitative estimate of drug-likeness (QED) is 0.0199. The van der Waals surface area contributed by atoms with E-state index < -0.39 is 6.10 Å². The highest BCUT2D eigenvalue weighted by atomic mass is 16.6. The van der Waals surface area contributed by atoms with Gasteiger partial charge in [-0.05, 0) is 89.9 Å². The van der Waals surface area contributed by atoms with Crippen molar-refractivity contribution >= 4 is 17.9 Å². The molecule has 0 heterocycles. The molecule has 6 nitrogen and oxygen atoms in total. The normalized spacial score (nSPS) is 13.0. The van der Waals surface area contributed by atoms with Gasteiger partial charge in [0.15, 0.2) is 6.10 Å². The summed E-state index contributed by atoms with van der Waals surface area (Å²) in [5.74, 6) is -0.989. The van der Waals surface area contributed by atoms with Gasteiger partial charge in [0.25, 0.3) is 0 Å². The second-order valence-corrected chi connectivity index (χ2v) is 17.2. The van der Waals surface area contributed by atoms with Gasteiger partial charge in [-0.15, -0.1) is 0 Å². The third kappa shape index (κ3) is 50.9. The molecular weight excluding hydrogens is 805 g/mol. The molecule has 1 unspecified atom stereocenters. The Kier molecular flexibility index (Phi) is 49.5. The zero-order valence-corrected chi connectivity index (χ0v) is 42.0. The number of rotatable bonds is 46. The Labute approximate surface area is 400 Å². The first-order valence-corrected chi connectivity index (χ1v) is 26.5. The number of carbonyl (C=O) groups is 3. The predicted molar refractivity (Wildman–Crippen MR) is 279 cm³/mol. The first-order chi connectivity index (χ1) is 32.0. The largest absolute Gasteiger partial charge is 0.462 e. The van der Waals surface area contributed by atoms with Crippen molar-refractivity contribution in [3.8, 4) is 0 Å². The van der Waals surface area contributed by atoms with Gasteiger partial charge in [-0.3, -0.25) is 14.4 Å². The second kappa shape index (κ2) is 52.7. The molecule has 0 aliphatic carbocycles. The molecule has 0 amide bonds. The smallest absolute Gasteiger partial charge is 0.306 e. The Morgan fingerprint density at radius 3 is 0.985 bits per heavy atom. The fraction of sp³-hybridized carbons (Fsp3) is 0.644. The van der Waals surface area contributed by atoms with Gasteiger partial charge in [0.1, 0.15) is 13.2 Å². The molecule has 1 atom stereocenters. The van der Waals surface area contributed by atoms with Crippen LogP contribution in [-0.2, 0) is 28.6 Å². The summed E-state index contributed by atoms with van der Waals surface area (Å²) in [6.45, 7) is 6.41. The maximum Gasteiger partial charge on any atom is 0.306 e. The van der Waals surface area contributed by atoms with Crippen molar-refractivity contribution in [2.75, 3.05) is 13.2 Å². The van der Waals surface area contributed by atoms with Crippen molar-refractivity contribution in [2.45, 2.75) is 232 Å². The van der Waals surface area contributed by atoms with Crippen LogP contribution in [0.2, 0.25) is 0 Å². The van der Waals surface area contributed by atoms with Crippen LogP contribution in [0.15, 0.2) is 109 Å². The van der Waals surface area contributed by atoms with Gasteiger partial charge in [-0.25, -0.2) is 0 Å². The van der Waals surface area contributed by atoms with E-state index in [2.05, 4.69) is 57.2 Å². The Morgan fingerprint density at radius 2 is 0.615 bits per heavy atom. The van der Waals surface area contributed by atoms with Crippen LogP contribution >= 0.6 is 0 Å². The Hall–Kier alpha value is -3.93. The van der Waals surface area contributed by atoms with E-state index in [1.54, 1.807) is 0 Å². The monoisotopic (exact) mass is 901 g/mol. The molecule has 368 valence electrons. The summed E-state index contributed by atoms with van der Waals surface area (Å²) in [4.78, 5) is 38.0. The number of ether oxygens (including phenoxy) is 3. The van der Waals surface area contributed by atoms with E-state index in [-0.39, 0.29) is 31.1 Å². The van der Waals surface area contributed by atoms with Crippen LogP contribution in [0.3, 0.4) is 0 Å². The minimum Gasteiger partial charge on any atom is -0.462 e. The zero-order valence-electron chi connectivity index (χ0n) is 42.0. The van der Waals surface area contributed by atoms with Gasteiger partial charge in [-0.1, -0.05) is 226 Å². The lowest BCUT2D eigenvalue weighted by Gasteiger charge is -2.18. The average molecular weight is 901 g/mol. The molecule has 0 bridgehead atoms. The molecule has 0 fully saturated rings. The van der Waals surface area contributed by atoms with Crippen LogP contribution in [0.1, 0.15) is 226 Å². The van der Waals surface area contributed by atoms with Crippen molar-refractivity contribution < 1.29 is 28.6 Å². The third-order valence-electron chi connectivity index (χ3n) is 10.9. The zero-order chi connectivity index (χ0) is 47.2. The molecule has 0 rings (SSSR count). The number of allylic oxidation sites excluding steroid dienone is 18. The van der Waals surface area contributed by atoms with Gasteiger partial charge in [0.05, 0.1) is 0 Å². The summed E-state index contributed by atoms with van der Waals surface area (Å²) < 4.78 is 16.7. The van der Waals surface area contributed by atoms with Crippen molar-refractivity contribution in [3.63, 3.8) is 0 Å². The molecule has 0 spiro atoms. The van der Waals surface area contributed by atoms with E-state index in [0.717, 1.165) is 96.3 Å². The highest BCUT2D eigenvalue weighted by Crippen LogP contribution is 2.13. The molecule has 0 aliphatic rings. The van der Waals surface area contributed by atoms with E-state index in [0.29, 0.717) is 19.3 Å². The predicted octanol–water partition coefficient (Wildman–Crippen LogP) is 17.5. The summed E-state index contributed by atoms with van der Waals surface area (Å²) in [7, 11) is 0. The van der Waals surface area contributed by atoms with Crippen molar-refractivity contribution in [1.82, 2.24) is 0 Å². The van der Waals surface area contributed by atoms with Crippen LogP contribution < -0.4 is 0 Å². The highest BCUT2D eigenvalue weighted by Gasteiger charge is 2.19. The molecule has 0 saturated carbocycles. The summed E-state index contributed by atoms with van der Waals surface area (Å²) in [6.07, 6.45) is 70.7. The summed E-state index contributed by atoms with van der Waals surface area (Å²) >= 11 is 0. The van der Waals surface area contributed by atoms with Crippen LogP contribution in [-0.4, -0.2) is 37.2 Å². The van der Waals surface area contributed by atoms with Gasteiger partial charge >= 0.3 is 17.9 Å². The lowest BCUT2D eigenvalue weighted by atomic mass is 10.1. The standard InChI is InChI=1S/C59H96O6/c1-4-7-10-13-16-19-22-25-28-29-30-31-32-35-37-40-43-46-49-52-58(61)64-55-56(65-59(62)53-50-47-44-41-38-34-27-24-21-18-15-12-9-6-3)54-63-57(60)51-48-45-42-39-36-33-26-23-20-17-14-11-8-5-2/h7,10,13,16,19,22,25,28-38,56H,4-6,8-9,11-12,14-15,17-18,20-21,23-24,26-27,39-55H2,1-3H3/b10-7-,16-13-,22-19-,28-25-,30-29+,32-31-,36-33-,37-35-,38-34-. The third-order valence-corrected chi connectivity index (χ3v) is 10.9.